The molecule has 0 saturated carbocycles. The highest BCUT2D eigenvalue weighted by Gasteiger charge is 2.07. The van der Waals surface area contributed by atoms with Gasteiger partial charge in [0.1, 0.15) is 10.3 Å². The minimum atomic E-state index is 0.334. The third-order valence-electron chi connectivity index (χ3n) is 2.51. The molecule has 0 N–H and O–H groups in total. The molecule has 0 spiro atoms. The van der Waals surface area contributed by atoms with Crippen LogP contribution in [0.4, 0.5) is 0 Å². The molecule has 0 aliphatic carbocycles. The van der Waals surface area contributed by atoms with Gasteiger partial charge in [0.2, 0.25) is 0 Å². The molecule has 2 aromatic heterocycles. The molecule has 0 bridgehead atoms. The smallest absolute Gasteiger partial charge is 0.166 e. The number of aromatic nitrogens is 4. The molecule has 0 fully saturated rings. The molecule has 0 radical (unpaired) electrons. The first-order chi connectivity index (χ1) is 8.59. The zero-order chi connectivity index (χ0) is 13.1. The van der Waals surface area contributed by atoms with Gasteiger partial charge in [-0.25, -0.2) is 9.97 Å². The highest BCUT2D eigenvalue weighted by Crippen LogP contribution is 2.21. The van der Waals surface area contributed by atoms with Crippen LogP contribution in [0.1, 0.15) is 12.8 Å². The van der Waals surface area contributed by atoms with Crippen LogP contribution in [0.5, 0.6) is 0 Å². The Bertz CT molecular complexity index is 486. The summed E-state index contributed by atoms with van der Waals surface area (Å²) >= 11 is 23.4. The van der Waals surface area contributed by atoms with Crippen LogP contribution in [-0.2, 0) is 13.1 Å². The van der Waals surface area contributed by atoms with Gasteiger partial charge in [-0.3, -0.25) is 0 Å². The fraction of sp³-hybridized carbons (Fsp3) is 0.400. The van der Waals surface area contributed by atoms with E-state index in [1.165, 1.54) is 0 Å². The Morgan fingerprint density at radius 1 is 0.778 bits per heavy atom. The molecular weight excluding hydrogens is 318 g/mol. The molecule has 2 rings (SSSR count). The normalized spacial score (nSPS) is 11.1. The van der Waals surface area contributed by atoms with Gasteiger partial charge in [0.05, 0.1) is 12.7 Å². The third-order valence-corrected chi connectivity index (χ3v) is 4.05. The van der Waals surface area contributed by atoms with Gasteiger partial charge in [-0.05, 0) is 12.8 Å². The van der Waals surface area contributed by atoms with Crippen molar-refractivity contribution in [2.24, 2.45) is 0 Å². The lowest BCUT2D eigenvalue weighted by Gasteiger charge is -2.05. The summed E-state index contributed by atoms with van der Waals surface area (Å²) in [5.41, 5.74) is 0. The summed E-state index contributed by atoms with van der Waals surface area (Å²) in [6, 6.07) is 0. The maximum Gasteiger partial charge on any atom is 0.166 e. The molecule has 2 aromatic rings. The second-order valence-corrected chi connectivity index (χ2v) is 5.18. The van der Waals surface area contributed by atoms with Gasteiger partial charge in [-0.15, -0.1) is 0 Å². The first kappa shape index (κ1) is 14.0. The van der Waals surface area contributed by atoms with E-state index in [0.29, 0.717) is 20.6 Å². The van der Waals surface area contributed by atoms with Crippen molar-refractivity contribution in [3.05, 3.63) is 33.3 Å². The first-order valence-corrected chi connectivity index (χ1v) is 6.83. The molecule has 0 aliphatic rings. The van der Waals surface area contributed by atoms with E-state index in [9.17, 15) is 0 Å². The van der Waals surface area contributed by atoms with Gasteiger partial charge < -0.3 is 9.13 Å². The van der Waals surface area contributed by atoms with Crippen molar-refractivity contribution in [3.8, 4) is 0 Å². The van der Waals surface area contributed by atoms with E-state index >= 15 is 0 Å². The van der Waals surface area contributed by atoms with E-state index in [1.807, 2.05) is 9.13 Å². The third kappa shape index (κ3) is 3.12. The summed E-state index contributed by atoms with van der Waals surface area (Å²) in [4.78, 5) is 7.83. The van der Waals surface area contributed by atoms with Crippen molar-refractivity contribution in [1.82, 2.24) is 19.1 Å². The molecule has 0 amide bonds. The molecule has 18 heavy (non-hydrogen) atoms. The largest absolute Gasteiger partial charge is 0.320 e. The van der Waals surface area contributed by atoms with E-state index in [-0.39, 0.29) is 0 Å². The number of nitrogens with zero attached hydrogens (tertiary/aromatic N) is 4. The second-order valence-electron chi connectivity index (χ2n) is 3.75. The summed E-state index contributed by atoms with van der Waals surface area (Å²) < 4.78 is 3.62. The highest BCUT2D eigenvalue weighted by molar-refractivity contribution is 6.41. The number of hydrogen-bond donors (Lipinski definition) is 0. The zero-order valence-corrected chi connectivity index (χ0v) is 12.3. The number of halogens is 4. The van der Waals surface area contributed by atoms with Gasteiger partial charge in [-0.1, -0.05) is 46.4 Å². The maximum atomic E-state index is 5.95. The number of rotatable bonds is 5. The Balaban J connectivity index is 1.80. The molecule has 0 saturated heterocycles. The predicted molar refractivity (Wildman–Crippen MR) is 73.7 cm³/mol. The van der Waals surface area contributed by atoms with Crippen LogP contribution in [0.2, 0.25) is 20.6 Å². The molecule has 0 aromatic carbocycles. The monoisotopic (exact) mass is 326 g/mol. The van der Waals surface area contributed by atoms with Gasteiger partial charge >= 0.3 is 0 Å². The molecule has 0 aliphatic heterocycles. The minimum absolute atomic E-state index is 0.334. The Labute approximate surface area is 124 Å². The highest BCUT2D eigenvalue weighted by atomic mass is 35.5. The molecule has 2 heterocycles. The van der Waals surface area contributed by atoms with Crippen molar-refractivity contribution in [2.45, 2.75) is 25.9 Å². The van der Waals surface area contributed by atoms with Crippen LogP contribution >= 0.6 is 46.4 Å². The molecule has 0 atom stereocenters. The summed E-state index contributed by atoms with van der Waals surface area (Å²) in [6.45, 7) is 1.53. The van der Waals surface area contributed by atoms with Crippen LogP contribution in [0, 0.1) is 0 Å². The SMILES string of the molecule is Clc1ncn(CCCCn2cnc(Cl)c2Cl)c1Cl. The van der Waals surface area contributed by atoms with Crippen molar-refractivity contribution in [1.29, 1.82) is 0 Å². The Hall–Kier alpha value is -0.420. The lowest BCUT2D eigenvalue weighted by molar-refractivity contribution is 0.553. The van der Waals surface area contributed by atoms with Crippen molar-refractivity contribution < 1.29 is 0 Å². The molecule has 98 valence electrons. The maximum absolute atomic E-state index is 5.95. The van der Waals surface area contributed by atoms with Crippen LogP contribution in [0.25, 0.3) is 0 Å². The topological polar surface area (TPSA) is 35.6 Å². The Morgan fingerprint density at radius 2 is 1.17 bits per heavy atom. The number of unbranched alkanes of at least 4 members (excludes halogenated alkanes) is 1. The van der Waals surface area contributed by atoms with E-state index < -0.39 is 0 Å². The standard InChI is InChI=1S/C10H10Cl4N4/c11-7-9(13)17(5-15-7)3-1-2-4-18-6-16-8(12)10(18)14/h5-6H,1-4H2. The van der Waals surface area contributed by atoms with Gasteiger partial charge in [-0.2, -0.15) is 0 Å². The average Bonchev–Trinajstić information content (AvgIpc) is 2.83. The predicted octanol–water partition coefficient (Wildman–Crippen LogP) is 4.17. The van der Waals surface area contributed by atoms with Crippen LogP contribution in [-0.4, -0.2) is 19.1 Å². The lowest BCUT2D eigenvalue weighted by Crippen LogP contribution is -2.00. The van der Waals surface area contributed by atoms with Crippen LogP contribution in [0.3, 0.4) is 0 Å². The second kappa shape index (κ2) is 6.15. The Kier molecular flexibility index (Phi) is 4.78. The summed E-state index contributed by atoms with van der Waals surface area (Å²) in [5.74, 6) is 0. The first-order valence-electron chi connectivity index (χ1n) is 5.32. The van der Waals surface area contributed by atoms with Crippen LogP contribution in [0.15, 0.2) is 12.7 Å². The fourth-order valence-corrected chi connectivity index (χ4v) is 2.22. The molecule has 0 unspecified atom stereocenters. The number of imidazole rings is 2. The van der Waals surface area contributed by atoms with Gasteiger partial charge in [0.25, 0.3) is 0 Å². The number of aryl methyl sites for hydroxylation is 2. The van der Waals surface area contributed by atoms with E-state index in [0.717, 1.165) is 25.9 Å². The van der Waals surface area contributed by atoms with Crippen LogP contribution < -0.4 is 0 Å². The van der Waals surface area contributed by atoms with E-state index in [1.54, 1.807) is 12.7 Å². The lowest BCUT2D eigenvalue weighted by atomic mass is 10.3. The molecule has 8 heteroatoms. The average molecular weight is 328 g/mol. The van der Waals surface area contributed by atoms with Crippen molar-refractivity contribution >= 4 is 46.4 Å². The Morgan fingerprint density at radius 3 is 1.44 bits per heavy atom. The summed E-state index contributed by atoms with van der Waals surface area (Å²) in [7, 11) is 0. The minimum Gasteiger partial charge on any atom is -0.320 e. The summed E-state index contributed by atoms with van der Waals surface area (Å²) in [6.07, 6.45) is 5.12. The van der Waals surface area contributed by atoms with Crippen molar-refractivity contribution in [2.75, 3.05) is 0 Å². The fourth-order valence-electron chi connectivity index (χ4n) is 1.56. The zero-order valence-electron chi connectivity index (χ0n) is 9.28. The van der Waals surface area contributed by atoms with Crippen molar-refractivity contribution in [3.63, 3.8) is 0 Å². The molecular formula is C10H10Cl4N4. The number of hydrogen-bond acceptors (Lipinski definition) is 2. The van der Waals surface area contributed by atoms with E-state index in [2.05, 4.69) is 9.97 Å². The van der Waals surface area contributed by atoms with Gasteiger partial charge in [0.15, 0.2) is 10.3 Å². The molecule has 4 nitrogen and oxygen atoms in total. The quantitative estimate of drug-likeness (QED) is 0.772. The van der Waals surface area contributed by atoms with E-state index in [4.69, 9.17) is 46.4 Å². The van der Waals surface area contributed by atoms with Gasteiger partial charge in [0, 0.05) is 13.1 Å². The summed E-state index contributed by atoms with van der Waals surface area (Å²) in [5, 5.41) is 1.61.